The summed E-state index contributed by atoms with van der Waals surface area (Å²) in [5.74, 6) is 0.781. The van der Waals surface area contributed by atoms with Crippen molar-refractivity contribution in [1.82, 2.24) is 10.2 Å². The van der Waals surface area contributed by atoms with Gasteiger partial charge in [0.15, 0.2) is 0 Å². The van der Waals surface area contributed by atoms with Crippen LogP contribution in [0, 0.1) is 11.3 Å². The lowest BCUT2D eigenvalue weighted by Crippen LogP contribution is -2.43. The van der Waals surface area contributed by atoms with E-state index in [1.54, 1.807) is 0 Å². The lowest BCUT2D eigenvalue weighted by Gasteiger charge is -2.34. The van der Waals surface area contributed by atoms with E-state index in [-0.39, 0.29) is 12.4 Å². The number of halogens is 1. The fraction of sp³-hybridized carbons (Fsp3) is 0.944. The topological polar surface area (TPSA) is 41.6 Å². The fourth-order valence-electron chi connectivity index (χ4n) is 4.90. The van der Waals surface area contributed by atoms with Crippen molar-refractivity contribution >= 4 is 18.3 Å². The van der Waals surface area contributed by atoms with Crippen molar-refractivity contribution in [3.05, 3.63) is 0 Å². The minimum absolute atomic E-state index is 0. The molecule has 4 fully saturated rings. The Morgan fingerprint density at radius 3 is 2.26 bits per heavy atom. The maximum Gasteiger partial charge on any atom is 0.226 e. The molecule has 0 aromatic rings. The fourth-order valence-corrected chi connectivity index (χ4v) is 4.90. The minimum Gasteiger partial charge on any atom is -0.375 e. The number of carbonyl (C=O) groups excluding carboxylic acids is 1. The number of ether oxygens (including phenoxy) is 1. The van der Waals surface area contributed by atoms with Crippen LogP contribution in [0.4, 0.5) is 0 Å². The zero-order valence-electron chi connectivity index (χ0n) is 14.1. The summed E-state index contributed by atoms with van der Waals surface area (Å²) in [6.07, 6.45) is 11.7. The first-order chi connectivity index (χ1) is 10.8. The molecule has 0 aromatic carbocycles. The molecule has 4 aliphatic rings. The molecule has 0 bridgehead atoms. The Hall–Kier alpha value is -0.320. The maximum atomic E-state index is 12.7. The lowest BCUT2D eigenvalue weighted by molar-refractivity contribution is -0.137. The van der Waals surface area contributed by atoms with Crippen LogP contribution < -0.4 is 5.32 Å². The first-order valence-corrected chi connectivity index (χ1v) is 9.42. The van der Waals surface area contributed by atoms with Gasteiger partial charge in [0, 0.05) is 19.0 Å². The highest BCUT2D eigenvalue weighted by Gasteiger charge is 2.58. The number of hydrogen-bond acceptors (Lipinski definition) is 3. The second-order valence-corrected chi connectivity index (χ2v) is 7.94. The second-order valence-electron chi connectivity index (χ2n) is 7.94. The van der Waals surface area contributed by atoms with Crippen molar-refractivity contribution < 1.29 is 9.53 Å². The molecule has 1 atom stereocenters. The van der Waals surface area contributed by atoms with E-state index in [1.165, 1.54) is 38.5 Å². The zero-order valence-corrected chi connectivity index (χ0v) is 14.9. The predicted molar refractivity (Wildman–Crippen MR) is 92.8 cm³/mol. The van der Waals surface area contributed by atoms with Gasteiger partial charge in [-0.25, -0.2) is 0 Å². The number of carbonyl (C=O) groups is 1. The molecule has 2 aliphatic heterocycles. The van der Waals surface area contributed by atoms with Crippen LogP contribution in [0.15, 0.2) is 0 Å². The summed E-state index contributed by atoms with van der Waals surface area (Å²) >= 11 is 0. The quantitative estimate of drug-likeness (QED) is 0.857. The third kappa shape index (κ3) is 3.69. The van der Waals surface area contributed by atoms with E-state index < -0.39 is 0 Å². The van der Waals surface area contributed by atoms with Crippen LogP contribution in [0.5, 0.6) is 0 Å². The van der Waals surface area contributed by atoms with Crippen LogP contribution in [-0.4, -0.2) is 49.2 Å². The summed E-state index contributed by atoms with van der Waals surface area (Å²) in [5.41, 5.74) is 0.375. The Labute approximate surface area is 146 Å². The van der Waals surface area contributed by atoms with E-state index in [1.807, 2.05) is 0 Å². The number of hydrogen-bond donors (Lipinski definition) is 1. The van der Waals surface area contributed by atoms with Crippen molar-refractivity contribution in [3.8, 4) is 0 Å². The summed E-state index contributed by atoms with van der Waals surface area (Å²) in [6.45, 7) is 4.03. The molecule has 1 amide bonds. The van der Waals surface area contributed by atoms with Gasteiger partial charge in [-0.2, -0.15) is 0 Å². The Morgan fingerprint density at radius 2 is 1.61 bits per heavy atom. The molecule has 23 heavy (non-hydrogen) atoms. The SMILES string of the molecule is Cl.O=C(C1CC12CCNCC2)N1CCC(OC2CCCC2)CC1. The van der Waals surface area contributed by atoms with Gasteiger partial charge < -0.3 is 15.0 Å². The molecule has 5 heteroatoms. The van der Waals surface area contributed by atoms with Gasteiger partial charge in [-0.3, -0.25) is 4.79 Å². The number of amides is 1. The first kappa shape index (κ1) is 17.5. The Kier molecular flexibility index (Phi) is 5.54. The highest BCUT2D eigenvalue weighted by atomic mass is 35.5. The van der Waals surface area contributed by atoms with Crippen molar-refractivity contribution in [1.29, 1.82) is 0 Å². The van der Waals surface area contributed by atoms with Crippen LogP contribution in [-0.2, 0) is 9.53 Å². The van der Waals surface area contributed by atoms with Crippen molar-refractivity contribution in [2.24, 2.45) is 11.3 Å². The lowest BCUT2D eigenvalue weighted by atomic mass is 9.91. The molecule has 132 valence electrons. The number of nitrogens with zero attached hydrogens (tertiary/aromatic N) is 1. The Morgan fingerprint density at radius 1 is 1.00 bits per heavy atom. The van der Waals surface area contributed by atoms with Crippen molar-refractivity contribution in [2.75, 3.05) is 26.2 Å². The van der Waals surface area contributed by atoms with Crippen LogP contribution in [0.3, 0.4) is 0 Å². The maximum absolute atomic E-state index is 12.7. The molecule has 2 saturated heterocycles. The zero-order chi connectivity index (χ0) is 15.0. The molecule has 4 rings (SSSR count). The smallest absolute Gasteiger partial charge is 0.226 e. The third-order valence-electron chi connectivity index (χ3n) is 6.53. The molecular weight excluding hydrogens is 312 g/mol. The largest absolute Gasteiger partial charge is 0.375 e. The van der Waals surface area contributed by atoms with E-state index in [2.05, 4.69) is 10.2 Å². The van der Waals surface area contributed by atoms with Gasteiger partial charge in [-0.05, 0) is 63.5 Å². The van der Waals surface area contributed by atoms with Gasteiger partial charge in [-0.15, -0.1) is 12.4 Å². The highest BCUT2D eigenvalue weighted by molar-refractivity contribution is 5.85. The van der Waals surface area contributed by atoms with Crippen molar-refractivity contribution in [3.63, 3.8) is 0 Å². The van der Waals surface area contributed by atoms with Gasteiger partial charge in [0.1, 0.15) is 0 Å². The number of likely N-dealkylation sites (tertiary alicyclic amines) is 1. The third-order valence-corrected chi connectivity index (χ3v) is 6.53. The van der Waals surface area contributed by atoms with E-state index >= 15 is 0 Å². The molecule has 1 spiro atoms. The van der Waals surface area contributed by atoms with Gasteiger partial charge in [0.05, 0.1) is 12.2 Å². The molecule has 2 saturated carbocycles. The van der Waals surface area contributed by atoms with E-state index in [0.717, 1.165) is 45.4 Å². The van der Waals surface area contributed by atoms with E-state index in [9.17, 15) is 4.79 Å². The number of rotatable bonds is 3. The highest BCUT2D eigenvalue weighted by Crippen LogP contribution is 2.59. The monoisotopic (exact) mass is 342 g/mol. The summed E-state index contributed by atoms with van der Waals surface area (Å²) in [5, 5.41) is 3.42. The van der Waals surface area contributed by atoms with Gasteiger partial charge >= 0.3 is 0 Å². The molecular formula is C18H31ClN2O2. The van der Waals surface area contributed by atoms with Crippen LogP contribution in [0.25, 0.3) is 0 Å². The predicted octanol–water partition coefficient (Wildman–Crippen LogP) is 2.75. The standard InChI is InChI=1S/C18H30N2O2.ClH/c21-17(16-13-18(16)7-9-19-10-8-18)20-11-5-15(6-12-20)22-14-3-1-2-4-14;/h14-16,19H,1-13H2;1H. The van der Waals surface area contributed by atoms with Crippen LogP contribution >= 0.6 is 12.4 Å². The Balaban J connectivity index is 0.00000156. The molecule has 0 radical (unpaired) electrons. The first-order valence-electron chi connectivity index (χ1n) is 9.42. The molecule has 4 nitrogen and oxygen atoms in total. The number of piperidine rings is 2. The summed E-state index contributed by atoms with van der Waals surface area (Å²) in [7, 11) is 0. The van der Waals surface area contributed by atoms with Gasteiger partial charge in [0.25, 0.3) is 0 Å². The van der Waals surface area contributed by atoms with Crippen LogP contribution in [0.2, 0.25) is 0 Å². The number of nitrogens with one attached hydrogen (secondary N) is 1. The van der Waals surface area contributed by atoms with Crippen molar-refractivity contribution in [2.45, 2.75) is 70.0 Å². The minimum atomic E-state index is 0. The summed E-state index contributed by atoms with van der Waals surface area (Å²) in [4.78, 5) is 14.9. The van der Waals surface area contributed by atoms with E-state index in [4.69, 9.17) is 4.74 Å². The average Bonchev–Trinajstić information content (AvgIpc) is 2.99. The molecule has 0 aromatic heterocycles. The molecule has 1 N–H and O–H groups in total. The van der Waals surface area contributed by atoms with Gasteiger partial charge in [-0.1, -0.05) is 12.8 Å². The Bertz CT molecular complexity index is 411. The molecule has 2 heterocycles. The normalized spacial score (nSPS) is 31.1. The summed E-state index contributed by atoms with van der Waals surface area (Å²) in [6, 6.07) is 0. The summed E-state index contributed by atoms with van der Waals surface area (Å²) < 4.78 is 6.22. The molecule has 2 aliphatic carbocycles. The second kappa shape index (κ2) is 7.28. The van der Waals surface area contributed by atoms with Gasteiger partial charge in [0.2, 0.25) is 5.91 Å². The average molecular weight is 343 g/mol. The van der Waals surface area contributed by atoms with Crippen LogP contribution in [0.1, 0.15) is 57.8 Å². The van der Waals surface area contributed by atoms with E-state index in [0.29, 0.717) is 29.4 Å². The molecule has 1 unspecified atom stereocenters.